The van der Waals surface area contributed by atoms with Gasteiger partial charge < -0.3 is 14.9 Å². The quantitative estimate of drug-likeness (QED) is 0.622. The van der Waals surface area contributed by atoms with Gasteiger partial charge >= 0.3 is 0 Å². The Morgan fingerprint density at radius 3 is 2.56 bits per heavy atom. The third-order valence-corrected chi connectivity index (χ3v) is 2.44. The number of anilines is 1. The van der Waals surface area contributed by atoms with Crippen LogP contribution in [0.3, 0.4) is 0 Å². The van der Waals surface area contributed by atoms with Gasteiger partial charge in [-0.15, -0.1) is 0 Å². The van der Waals surface area contributed by atoms with Crippen LogP contribution in [0.25, 0.3) is 0 Å². The van der Waals surface area contributed by atoms with Crippen LogP contribution >= 0.6 is 0 Å². The number of aromatic nitrogens is 1. The van der Waals surface area contributed by atoms with Crippen LogP contribution < -0.4 is 20.7 Å². The predicted molar refractivity (Wildman–Crippen MR) is 69.4 cm³/mol. The highest BCUT2D eigenvalue weighted by Gasteiger charge is 1.98. The van der Waals surface area contributed by atoms with Crippen LogP contribution in [0, 0.1) is 0 Å². The van der Waals surface area contributed by atoms with Gasteiger partial charge in [-0.2, -0.15) is 0 Å². The molecule has 5 heteroatoms. The van der Waals surface area contributed by atoms with E-state index >= 15 is 0 Å². The minimum Gasteiger partial charge on any atom is -0.497 e. The lowest BCUT2D eigenvalue weighted by Gasteiger charge is -2.08. The average Bonchev–Trinajstić information content (AvgIpc) is 2.46. The van der Waals surface area contributed by atoms with Crippen LogP contribution in [0.4, 0.5) is 5.82 Å². The average molecular weight is 245 g/mol. The van der Waals surface area contributed by atoms with Crippen molar-refractivity contribution in [1.82, 2.24) is 4.98 Å². The van der Waals surface area contributed by atoms with Gasteiger partial charge in [0.2, 0.25) is 0 Å². The van der Waals surface area contributed by atoms with Gasteiger partial charge in [0.25, 0.3) is 0 Å². The van der Waals surface area contributed by atoms with E-state index in [1.54, 1.807) is 13.3 Å². The molecule has 0 atom stereocenters. The number of ether oxygens (including phenoxy) is 2. The van der Waals surface area contributed by atoms with Crippen LogP contribution in [0.15, 0.2) is 42.6 Å². The molecule has 5 nitrogen and oxygen atoms in total. The maximum absolute atomic E-state index is 5.64. The molecule has 0 radical (unpaired) electrons. The van der Waals surface area contributed by atoms with E-state index in [-0.39, 0.29) is 0 Å². The van der Waals surface area contributed by atoms with E-state index in [0.717, 1.165) is 17.1 Å². The summed E-state index contributed by atoms with van der Waals surface area (Å²) in [4.78, 5) is 4.03. The Hall–Kier alpha value is -2.27. The van der Waals surface area contributed by atoms with Crippen molar-refractivity contribution in [3.8, 4) is 11.5 Å². The minimum atomic E-state index is 0.462. The third-order valence-electron chi connectivity index (χ3n) is 2.44. The molecule has 94 valence electrons. The molecular weight excluding hydrogens is 230 g/mol. The fourth-order valence-corrected chi connectivity index (χ4v) is 1.48. The number of nitrogens with one attached hydrogen (secondary N) is 1. The van der Waals surface area contributed by atoms with Crippen LogP contribution in [0.1, 0.15) is 5.56 Å². The van der Waals surface area contributed by atoms with Gasteiger partial charge in [-0.25, -0.2) is 10.8 Å². The molecule has 0 fully saturated rings. The molecule has 18 heavy (non-hydrogen) atoms. The fourth-order valence-electron chi connectivity index (χ4n) is 1.48. The highest BCUT2D eigenvalue weighted by atomic mass is 16.5. The number of nitrogens with two attached hydrogens (primary N) is 1. The van der Waals surface area contributed by atoms with Crippen molar-refractivity contribution >= 4 is 5.82 Å². The zero-order chi connectivity index (χ0) is 12.8. The molecule has 0 aliphatic carbocycles. The summed E-state index contributed by atoms with van der Waals surface area (Å²) in [5.74, 6) is 7.50. The highest BCUT2D eigenvalue weighted by molar-refractivity contribution is 5.36. The molecule has 3 N–H and O–H groups in total. The van der Waals surface area contributed by atoms with Gasteiger partial charge in [-0.3, -0.25) is 0 Å². The lowest BCUT2D eigenvalue weighted by atomic mass is 10.3. The summed E-state index contributed by atoms with van der Waals surface area (Å²) in [6.07, 6.45) is 1.68. The second-order valence-corrected chi connectivity index (χ2v) is 3.66. The van der Waals surface area contributed by atoms with Crippen molar-refractivity contribution in [3.05, 3.63) is 48.2 Å². The van der Waals surface area contributed by atoms with Crippen molar-refractivity contribution < 1.29 is 9.47 Å². The van der Waals surface area contributed by atoms with Gasteiger partial charge in [0.15, 0.2) is 0 Å². The standard InChI is InChI=1S/C13H15N3O2/c1-17-11-2-4-12(5-3-11)18-9-10-6-7-15-13(8-10)16-14/h2-8H,9,14H2,1H3,(H,15,16). The summed E-state index contributed by atoms with van der Waals surface area (Å²) >= 11 is 0. The van der Waals surface area contributed by atoms with Crippen LogP contribution in [0.5, 0.6) is 11.5 Å². The van der Waals surface area contributed by atoms with E-state index in [2.05, 4.69) is 10.4 Å². The Morgan fingerprint density at radius 1 is 1.17 bits per heavy atom. The SMILES string of the molecule is COc1ccc(OCc2ccnc(NN)c2)cc1. The lowest BCUT2D eigenvalue weighted by molar-refractivity contribution is 0.305. The number of nitrogen functional groups attached to an aromatic ring is 1. The Labute approximate surface area is 106 Å². The molecule has 0 bridgehead atoms. The van der Waals surface area contributed by atoms with Crippen molar-refractivity contribution in [2.24, 2.45) is 5.84 Å². The molecule has 0 spiro atoms. The number of hydrazine groups is 1. The molecule has 0 unspecified atom stereocenters. The van der Waals surface area contributed by atoms with E-state index in [0.29, 0.717) is 12.4 Å². The van der Waals surface area contributed by atoms with Gasteiger partial charge in [-0.05, 0) is 42.0 Å². The van der Waals surface area contributed by atoms with Gasteiger partial charge in [-0.1, -0.05) is 0 Å². The van der Waals surface area contributed by atoms with E-state index in [4.69, 9.17) is 15.3 Å². The molecule has 2 rings (SSSR count). The van der Waals surface area contributed by atoms with Crippen molar-refractivity contribution in [2.45, 2.75) is 6.61 Å². The third kappa shape index (κ3) is 3.11. The first-order valence-electron chi connectivity index (χ1n) is 5.50. The maximum atomic E-state index is 5.64. The molecule has 0 saturated heterocycles. The molecule has 1 aromatic carbocycles. The molecule has 0 aliphatic heterocycles. The summed E-state index contributed by atoms with van der Waals surface area (Å²) in [6.45, 7) is 0.462. The van der Waals surface area contributed by atoms with Crippen LogP contribution in [-0.4, -0.2) is 12.1 Å². The number of benzene rings is 1. The molecular formula is C13H15N3O2. The highest BCUT2D eigenvalue weighted by Crippen LogP contribution is 2.18. The van der Waals surface area contributed by atoms with E-state index in [1.807, 2.05) is 36.4 Å². The summed E-state index contributed by atoms with van der Waals surface area (Å²) < 4.78 is 10.7. The second-order valence-electron chi connectivity index (χ2n) is 3.66. The maximum Gasteiger partial charge on any atom is 0.140 e. The number of pyridine rings is 1. The van der Waals surface area contributed by atoms with Crippen molar-refractivity contribution in [1.29, 1.82) is 0 Å². The Morgan fingerprint density at radius 2 is 1.89 bits per heavy atom. The first kappa shape index (κ1) is 12.2. The van der Waals surface area contributed by atoms with Crippen molar-refractivity contribution in [2.75, 3.05) is 12.5 Å². The molecule has 0 amide bonds. The van der Waals surface area contributed by atoms with Gasteiger partial charge in [0, 0.05) is 6.20 Å². The smallest absolute Gasteiger partial charge is 0.140 e. The number of methoxy groups -OCH3 is 1. The number of rotatable bonds is 5. The fraction of sp³-hybridized carbons (Fsp3) is 0.154. The van der Waals surface area contributed by atoms with Gasteiger partial charge in [0.05, 0.1) is 7.11 Å². The van der Waals surface area contributed by atoms with Crippen LogP contribution in [-0.2, 0) is 6.61 Å². The summed E-state index contributed by atoms with van der Waals surface area (Å²) in [6, 6.07) is 11.2. The summed E-state index contributed by atoms with van der Waals surface area (Å²) in [7, 11) is 1.63. The Bertz CT molecular complexity index is 500. The topological polar surface area (TPSA) is 69.4 Å². The van der Waals surface area contributed by atoms with E-state index in [1.165, 1.54) is 0 Å². The zero-order valence-corrected chi connectivity index (χ0v) is 10.1. The normalized spacial score (nSPS) is 9.89. The Kier molecular flexibility index (Phi) is 3.98. The van der Waals surface area contributed by atoms with E-state index < -0.39 is 0 Å². The summed E-state index contributed by atoms with van der Waals surface area (Å²) in [5, 5.41) is 0. The van der Waals surface area contributed by atoms with E-state index in [9.17, 15) is 0 Å². The largest absolute Gasteiger partial charge is 0.497 e. The number of hydrogen-bond donors (Lipinski definition) is 2. The minimum absolute atomic E-state index is 0.462. The predicted octanol–water partition coefficient (Wildman–Crippen LogP) is 1.95. The molecule has 2 aromatic rings. The molecule has 1 aromatic heterocycles. The molecule has 0 aliphatic rings. The van der Waals surface area contributed by atoms with Crippen molar-refractivity contribution in [3.63, 3.8) is 0 Å². The first-order valence-corrected chi connectivity index (χ1v) is 5.50. The monoisotopic (exact) mass is 245 g/mol. The molecule has 0 saturated carbocycles. The lowest BCUT2D eigenvalue weighted by Crippen LogP contribution is -2.09. The second kappa shape index (κ2) is 5.88. The van der Waals surface area contributed by atoms with Gasteiger partial charge in [0.1, 0.15) is 23.9 Å². The Balaban J connectivity index is 1.97. The summed E-state index contributed by atoms with van der Waals surface area (Å²) in [5.41, 5.74) is 3.49. The number of nitrogens with zero attached hydrogens (tertiary/aromatic N) is 1. The molecule has 1 heterocycles. The zero-order valence-electron chi connectivity index (χ0n) is 10.1. The van der Waals surface area contributed by atoms with Crippen LogP contribution in [0.2, 0.25) is 0 Å². The number of hydrogen-bond acceptors (Lipinski definition) is 5. The first-order chi connectivity index (χ1) is 8.81.